The molecule has 0 aliphatic carbocycles. The number of nitrogens with one attached hydrogen (secondary N) is 2. The average molecular weight is 413 g/mol. The van der Waals surface area contributed by atoms with Crippen molar-refractivity contribution in [1.82, 2.24) is 15.3 Å². The predicted molar refractivity (Wildman–Crippen MR) is 105 cm³/mol. The minimum atomic E-state index is -4.57. The van der Waals surface area contributed by atoms with Crippen LogP contribution in [0.25, 0.3) is 11.0 Å². The maximum absolute atomic E-state index is 13.0. The van der Waals surface area contributed by atoms with Gasteiger partial charge in [-0.05, 0) is 35.4 Å². The molecule has 1 amide bonds. The van der Waals surface area contributed by atoms with Gasteiger partial charge in [-0.1, -0.05) is 43.3 Å². The van der Waals surface area contributed by atoms with Crippen molar-refractivity contribution in [2.24, 2.45) is 0 Å². The van der Waals surface area contributed by atoms with E-state index < -0.39 is 23.9 Å². The first-order valence-electron chi connectivity index (χ1n) is 9.36. The lowest BCUT2D eigenvalue weighted by Gasteiger charge is -2.19. The number of aryl methyl sites for hydroxylation is 1. The maximum atomic E-state index is 13.0. The number of rotatable bonds is 5. The van der Waals surface area contributed by atoms with E-state index in [9.17, 15) is 18.0 Å². The number of hydrogen-bond acceptors (Lipinski definition) is 3. The molecule has 0 spiro atoms. The van der Waals surface area contributed by atoms with Crippen LogP contribution < -0.4 is 5.32 Å². The van der Waals surface area contributed by atoms with Gasteiger partial charge < -0.3 is 14.7 Å². The van der Waals surface area contributed by atoms with Crippen molar-refractivity contribution in [3.8, 4) is 0 Å². The molecule has 0 bridgehead atoms. The number of imidazole rings is 1. The minimum absolute atomic E-state index is 0.176. The first kappa shape index (κ1) is 19.8. The third-order valence-electron chi connectivity index (χ3n) is 4.75. The SMILES string of the molecule is CCc1ccc(C(=O)NC(c2ccccc2)c2ccc3nc(C(F)(F)F)[nH]c3c2)o1. The molecule has 154 valence electrons. The normalized spacial score (nSPS) is 12.8. The Bertz CT molecular complexity index is 1180. The molecule has 1 unspecified atom stereocenters. The molecule has 0 aliphatic heterocycles. The Morgan fingerprint density at radius 1 is 1.10 bits per heavy atom. The number of H-pyrrole nitrogens is 1. The van der Waals surface area contributed by atoms with E-state index in [0.29, 0.717) is 17.7 Å². The molecule has 0 radical (unpaired) electrons. The van der Waals surface area contributed by atoms with Crippen molar-refractivity contribution in [2.45, 2.75) is 25.6 Å². The van der Waals surface area contributed by atoms with Crippen LogP contribution in [0.15, 0.2) is 65.1 Å². The molecule has 1 atom stereocenters. The highest BCUT2D eigenvalue weighted by molar-refractivity contribution is 5.92. The molecule has 5 nitrogen and oxygen atoms in total. The minimum Gasteiger partial charge on any atom is -0.456 e. The number of aromatic amines is 1. The number of carbonyl (C=O) groups excluding carboxylic acids is 1. The van der Waals surface area contributed by atoms with E-state index in [0.717, 1.165) is 5.56 Å². The molecule has 2 N–H and O–H groups in total. The Hall–Kier alpha value is -3.55. The number of carbonyl (C=O) groups is 1. The first-order valence-corrected chi connectivity index (χ1v) is 9.36. The summed E-state index contributed by atoms with van der Waals surface area (Å²) in [6.07, 6.45) is -3.91. The highest BCUT2D eigenvalue weighted by Crippen LogP contribution is 2.30. The van der Waals surface area contributed by atoms with Gasteiger partial charge in [0.05, 0.1) is 17.1 Å². The molecule has 2 heterocycles. The Labute approximate surface area is 169 Å². The van der Waals surface area contributed by atoms with Crippen LogP contribution in [0.1, 0.15) is 46.2 Å². The highest BCUT2D eigenvalue weighted by atomic mass is 19.4. The van der Waals surface area contributed by atoms with Gasteiger partial charge in [0.25, 0.3) is 5.91 Å². The number of benzene rings is 2. The van der Waals surface area contributed by atoms with E-state index in [4.69, 9.17) is 4.42 Å². The molecular weight excluding hydrogens is 395 g/mol. The van der Waals surface area contributed by atoms with Crippen LogP contribution in [-0.4, -0.2) is 15.9 Å². The molecular formula is C22H18F3N3O2. The van der Waals surface area contributed by atoms with Crippen molar-refractivity contribution < 1.29 is 22.4 Å². The highest BCUT2D eigenvalue weighted by Gasteiger charge is 2.34. The number of nitrogens with zero attached hydrogens (tertiary/aromatic N) is 1. The fourth-order valence-corrected chi connectivity index (χ4v) is 3.24. The number of alkyl halides is 3. The molecule has 0 saturated heterocycles. The Kier molecular flexibility index (Phi) is 5.07. The lowest BCUT2D eigenvalue weighted by Crippen LogP contribution is -2.29. The van der Waals surface area contributed by atoms with E-state index in [-0.39, 0.29) is 16.8 Å². The summed E-state index contributed by atoms with van der Waals surface area (Å²) in [7, 11) is 0. The summed E-state index contributed by atoms with van der Waals surface area (Å²) >= 11 is 0. The van der Waals surface area contributed by atoms with Crippen LogP contribution in [-0.2, 0) is 12.6 Å². The van der Waals surface area contributed by atoms with Crippen molar-refractivity contribution in [2.75, 3.05) is 0 Å². The molecule has 2 aromatic carbocycles. The zero-order valence-corrected chi connectivity index (χ0v) is 16.0. The van der Waals surface area contributed by atoms with Gasteiger partial charge in [0, 0.05) is 6.42 Å². The Morgan fingerprint density at radius 3 is 2.53 bits per heavy atom. The zero-order valence-electron chi connectivity index (χ0n) is 16.0. The van der Waals surface area contributed by atoms with Gasteiger partial charge in [-0.3, -0.25) is 4.79 Å². The van der Waals surface area contributed by atoms with Crippen LogP contribution in [0.2, 0.25) is 0 Å². The van der Waals surface area contributed by atoms with Gasteiger partial charge in [-0.15, -0.1) is 0 Å². The summed E-state index contributed by atoms with van der Waals surface area (Å²) in [5.74, 6) is -0.605. The van der Waals surface area contributed by atoms with Crippen LogP contribution in [0.4, 0.5) is 13.2 Å². The van der Waals surface area contributed by atoms with Crippen molar-refractivity contribution in [3.63, 3.8) is 0 Å². The van der Waals surface area contributed by atoms with Crippen LogP contribution in [0.5, 0.6) is 0 Å². The molecule has 4 aromatic rings. The Balaban J connectivity index is 1.71. The summed E-state index contributed by atoms with van der Waals surface area (Å²) < 4.78 is 44.5. The summed E-state index contributed by atoms with van der Waals surface area (Å²) in [4.78, 5) is 18.7. The number of amides is 1. The third-order valence-corrected chi connectivity index (χ3v) is 4.75. The van der Waals surface area contributed by atoms with Crippen LogP contribution in [0, 0.1) is 0 Å². The van der Waals surface area contributed by atoms with Gasteiger partial charge in [-0.2, -0.15) is 13.2 Å². The largest absolute Gasteiger partial charge is 0.456 e. The molecule has 0 saturated carbocycles. The molecule has 4 rings (SSSR count). The first-order chi connectivity index (χ1) is 14.3. The summed E-state index contributed by atoms with van der Waals surface area (Å²) in [6, 6.07) is 16.6. The van der Waals surface area contributed by atoms with Crippen molar-refractivity contribution in [1.29, 1.82) is 0 Å². The van der Waals surface area contributed by atoms with E-state index in [2.05, 4.69) is 15.3 Å². The quantitative estimate of drug-likeness (QED) is 0.469. The monoisotopic (exact) mass is 413 g/mol. The van der Waals surface area contributed by atoms with Crippen LogP contribution in [0.3, 0.4) is 0 Å². The van der Waals surface area contributed by atoms with E-state index >= 15 is 0 Å². The molecule has 2 aromatic heterocycles. The molecule has 8 heteroatoms. The average Bonchev–Trinajstić information content (AvgIpc) is 3.38. The lowest BCUT2D eigenvalue weighted by molar-refractivity contribution is -0.144. The molecule has 0 aliphatic rings. The van der Waals surface area contributed by atoms with Crippen molar-refractivity contribution in [3.05, 3.63) is 89.1 Å². The second-order valence-corrected chi connectivity index (χ2v) is 6.80. The predicted octanol–water partition coefficient (Wildman–Crippen LogP) is 5.26. The van der Waals surface area contributed by atoms with Gasteiger partial charge in [0.15, 0.2) is 5.76 Å². The van der Waals surface area contributed by atoms with Crippen LogP contribution >= 0.6 is 0 Å². The van der Waals surface area contributed by atoms with E-state index in [1.807, 2.05) is 37.3 Å². The van der Waals surface area contributed by atoms with E-state index in [1.165, 1.54) is 6.07 Å². The zero-order chi connectivity index (χ0) is 21.3. The number of hydrogen-bond donors (Lipinski definition) is 2. The number of furan rings is 1. The van der Waals surface area contributed by atoms with Gasteiger partial charge in [0.2, 0.25) is 5.82 Å². The standard InChI is InChI=1S/C22H18F3N3O2/c1-2-15-9-11-18(30-15)20(29)28-19(13-6-4-3-5-7-13)14-8-10-16-17(12-14)27-21(26-16)22(23,24)25/h3-12,19H,2H2,1H3,(H,26,27)(H,28,29). The molecule has 30 heavy (non-hydrogen) atoms. The Morgan fingerprint density at radius 2 is 1.87 bits per heavy atom. The fraction of sp³-hybridized carbons (Fsp3) is 0.182. The third kappa shape index (κ3) is 3.94. The van der Waals surface area contributed by atoms with Gasteiger partial charge in [0.1, 0.15) is 5.76 Å². The topological polar surface area (TPSA) is 70.9 Å². The fourth-order valence-electron chi connectivity index (χ4n) is 3.24. The number of aromatic nitrogens is 2. The van der Waals surface area contributed by atoms with Gasteiger partial charge in [-0.25, -0.2) is 4.98 Å². The summed E-state index contributed by atoms with van der Waals surface area (Å²) in [5.41, 5.74) is 1.83. The smallest absolute Gasteiger partial charge is 0.449 e. The number of halogens is 3. The molecule has 0 fully saturated rings. The second kappa shape index (κ2) is 7.70. The van der Waals surface area contributed by atoms with Gasteiger partial charge >= 0.3 is 6.18 Å². The summed E-state index contributed by atoms with van der Waals surface area (Å²) in [6.45, 7) is 1.92. The maximum Gasteiger partial charge on any atom is 0.449 e. The lowest BCUT2D eigenvalue weighted by atomic mass is 9.98. The summed E-state index contributed by atoms with van der Waals surface area (Å²) in [5, 5.41) is 2.92. The number of fused-ring (bicyclic) bond motifs is 1. The van der Waals surface area contributed by atoms with Crippen molar-refractivity contribution >= 4 is 16.9 Å². The second-order valence-electron chi connectivity index (χ2n) is 6.80. The van der Waals surface area contributed by atoms with E-state index in [1.54, 1.807) is 24.3 Å².